The Hall–Kier alpha value is -1.84. The zero-order valence-electron chi connectivity index (χ0n) is 9.48. The first-order chi connectivity index (χ1) is 7.42. The highest BCUT2D eigenvalue weighted by Crippen LogP contribution is 2.26. The highest BCUT2D eigenvalue weighted by Gasteiger charge is 2.22. The lowest BCUT2D eigenvalue weighted by Gasteiger charge is -2.18. The van der Waals surface area contributed by atoms with E-state index in [1.54, 1.807) is 19.9 Å². The predicted molar refractivity (Wildman–Crippen MR) is 58.5 cm³/mol. The van der Waals surface area contributed by atoms with Gasteiger partial charge in [-0.25, -0.2) is 4.79 Å². The number of phenols is 1. The number of ether oxygens (including phenoxy) is 1. The monoisotopic (exact) mass is 222 g/mol. The van der Waals surface area contributed by atoms with Crippen molar-refractivity contribution in [3.05, 3.63) is 29.3 Å². The summed E-state index contributed by atoms with van der Waals surface area (Å²) in [4.78, 5) is 22.2. The Bertz CT molecular complexity index is 421. The van der Waals surface area contributed by atoms with Crippen LogP contribution in [0.15, 0.2) is 18.2 Å². The van der Waals surface area contributed by atoms with E-state index in [9.17, 15) is 14.7 Å². The zero-order valence-corrected chi connectivity index (χ0v) is 9.48. The summed E-state index contributed by atoms with van der Waals surface area (Å²) in [7, 11) is 1.24. The van der Waals surface area contributed by atoms with Gasteiger partial charge in [-0.3, -0.25) is 0 Å². The van der Waals surface area contributed by atoms with Crippen molar-refractivity contribution < 1.29 is 19.4 Å². The van der Waals surface area contributed by atoms with Crippen LogP contribution in [0, 0.1) is 0 Å². The molecule has 1 N–H and O–H groups in total. The zero-order chi connectivity index (χ0) is 12.3. The molecule has 0 atom stereocenters. The summed E-state index contributed by atoms with van der Waals surface area (Å²) in [6, 6.07) is 4.46. The fourth-order valence-electron chi connectivity index (χ4n) is 1.28. The number of rotatable bonds is 3. The third kappa shape index (κ3) is 2.21. The van der Waals surface area contributed by atoms with Gasteiger partial charge >= 0.3 is 5.97 Å². The molecule has 0 saturated heterocycles. The van der Waals surface area contributed by atoms with Crippen LogP contribution in [0.3, 0.4) is 0 Å². The molecule has 0 radical (unpaired) electrons. The van der Waals surface area contributed by atoms with Crippen molar-refractivity contribution in [2.24, 2.45) is 0 Å². The van der Waals surface area contributed by atoms with Crippen LogP contribution in [0.2, 0.25) is 0 Å². The van der Waals surface area contributed by atoms with E-state index < -0.39 is 11.4 Å². The largest absolute Gasteiger partial charge is 0.507 e. The Morgan fingerprint density at radius 2 is 2.06 bits per heavy atom. The van der Waals surface area contributed by atoms with Crippen LogP contribution in [0.25, 0.3) is 0 Å². The first-order valence-electron chi connectivity index (χ1n) is 4.80. The summed E-state index contributed by atoms with van der Waals surface area (Å²) in [6.45, 7) is 3.46. The van der Waals surface area contributed by atoms with Crippen molar-refractivity contribution in [3.63, 3.8) is 0 Å². The number of benzene rings is 1. The lowest BCUT2D eigenvalue weighted by atomic mass is 9.85. The molecule has 0 aliphatic heterocycles. The van der Waals surface area contributed by atoms with Gasteiger partial charge in [-0.05, 0) is 31.5 Å². The summed E-state index contributed by atoms with van der Waals surface area (Å²) in [5.74, 6) is -0.779. The molecule has 0 unspecified atom stereocenters. The maximum Gasteiger partial charge on any atom is 0.341 e. The normalized spacial score (nSPS) is 10.9. The summed E-state index contributed by atoms with van der Waals surface area (Å²) < 4.78 is 4.53. The van der Waals surface area contributed by atoms with E-state index in [4.69, 9.17) is 0 Å². The highest BCUT2D eigenvalue weighted by molar-refractivity contribution is 5.92. The van der Waals surface area contributed by atoms with E-state index in [2.05, 4.69) is 4.74 Å². The van der Waals surface area contributed by atoms with Crippen LogP contribution in [-0.4, -0.2) is 24.5 Å². The minimum atomic E-state index is -0.698. The van der Waals surface area contributed by atoms with Crippen LogP contribution in [0.4, 0.5) is 0 Å². The standard InChI is InChI=1S/C12H14O4/c1-12(2,7-13)8-4-5-10(14)9(6-8)11(15)16-3/h4-7,14H,1-3H3. The van der Waals surface area contributed by atoms with Crippen molar-refractivity contribution in [3.8, 4) is 5.75 Å². The predicted octanol–water partition coefficient (Wildman–Crippen LogP) is 1.66. The molecule has 0 fully saturated rings. The number of carbonyl (C=O) groups is 2. The number of esters is 1. The maximum atomic E-state index is 11.3. The Labute approximate surface area is 93.9 Å². The molecule has 0 saturated carbocycles. The van der Waals surface area contributed by atoms with E-state index in [0.29, 0.717) is 5.56 Å². The Morgan fingerprint density at radius 1 is 1.44 bits per heavy atom. The summed E-state index contributed by atoms with van der Waals surface area (Å²) in [5, 5.41) is 9.49. The fraction of sp³-hybridized carbons (Fsp3) is 0.333. The number of aldehydes is 1. The lowest BCUT2D eigenvalue weighted by molar-refractivity contribution is -0.111. The fourth-order valence-corrected chi connectivity index (χ4v) is 1.28. The highest BCUT2D eigenvalue weighted by atomic mass is 16.5. The van der Waals surface area contributed by atoms with Gasteiger partial charge in [0.25, 0.3) is 0 Å². The van der Waals surface area contributed by atoms with Gasteiger partial charge in [0.1, 0.15) is 17.6 Å². The molecule has 16 heavy (non-hydrogen) atoms. The molecule has 4 heteroatoms. The first kappa shape index (κ1) is 12.2. The van der Waals surface area contributed by atoms with Crippen molar-refractivity contribution in [1.82, 2.24) is 0 Å². The molecule has 1 aromatic rings. The van der Waals surface area contributed by atoms with E-state index >= 15 is 0 Å². The van der Waals surface area contributed by atoms with Crippen molar-refractivity contribution >= 4 is 12.3 Å². The van der Waals surface area contributed by atoms with Crippen LogP contribution in [-0.2, 0) is 14.9 Å². The molecule has 0 aliphatic rings. The van der Waals surface area contributed by atoms with E-state index in [0.717, 1.165) is 6.29 Å². The Morgan fingerprint density at radius 3 is 2.56 bits per heavy atom. The third-order valence-electron chi connectivity index (χ3n) is 2.44. The number of methoxy groups -OCH3 is 1. The Kier molecular flexibility index (Phi) is 3.32. The minimum absolute atomic E-state index is 0.0647. The van der Waals surface area contributed by atoms with Crippen molar-refractivity contribution in [2.75, 3.05) is 7.11 Å². The van der Waals surface area contributed by atoms with Gasteiger partial charge in [0.05, 0.1) is 7.11 Å². The second-order valence-electron chi connectivity index (χ2n) is 4.06. The number of hydrogen-bond donors (Lipinski definition) is 1. The van der Waals surface area contributed by atoms with Gasteiger partial charge < -0.3 is 14.6 Å². The van der Waals surface area contributed by atoms with Crippen molar-refractivity contribution in [1.29, 1.82) is 0 Å². The number of phenolic OH excluding ortho intramolecular Hbond substituents is 1. The second kappa shape index (κ2) is 4.35. The van der Waals surface area contributed by atoms with Crippen LogP contribution in [0.5, 0.6) is 5.75 Å². The van der Waals surface area contributed by atoms with Gasteiger partial charge in [-0.2, -0.15) is 0 Å². The molecule has 86 valence electrons. The molecule has 0 aromatic heterocycles. The average Bonchev–Trinajstić information content (AvgIpc) is 2.28. The summed E-state index contributed by atoms with van der Waals surface area (Å²) in [5.41, 5.74) is 0.0202. The smallest absolute Gasteiger partial charge is 0.341 e. The summed E-state index contributed by atoms with van der Waals surface area (Å²) >= 11 is 0. The van der Waals surface area contributed by atoms with Gasteiger partial charge in [-0.15, -0.1) is 0 Å². The number of hydrogen-bond acceptors (Lipinski definition) is 4. The Balaban J connectivity index is 3.27. The number of carbonyl (C=O) groups excluding carboxylic acids is 2. The lowest BCUT2D eigenvalue weighted by Crippen LogP contribution is -2.19. The molecular formula is C12H14O4. The number of aromatic hydroxyl groups is 1. The molecule has 0 bridgehead atoms. The van der Waals surface area contributed by atoms with Crippen LogP contribution in [0.1, 0.15) is 29.8 Å². The molecule has 0 aliphatic carbocycles. The maximum absolute atomic E-state index is 11.3. The minimum Gasteiger partial charge on any atom is -0.507 e. The van der Waals surface area contributed by atoms with Crippen LogP contribution < -0.4 is 0 Å². The molecule has 1 aromatic carbocycles. The second-order valence-corrected chi connectivity index (χ2v) is 4.06. The van der Waals surface area contributed by atoms with Gasteiger partial charge in [-0.1, -0.05) is 6.07 Å². The third-order valence-corrected chi connectivity index (χ3v) is 2.44. The first-order valence-corrected chi connectivity index (χ1v) is 4.80. The van der Waals surface area contributed by atoms with E-state index in [1.165, 1.54) is 19.2 Å². The van der Waals surface area contributed by atoms with Gasteiger partial charge in [0.2, 0.25) is 0 Å². The van der Waals surface area contributed by atoms with Gasteiger partial charge in [0.15, 0.2) is 0 Å². The topological polar surface area (TPSA) is 63.6 Å². The molecular weight excluding hydrogens is 208 g/mol. The van der Waals surface area contributed by atoms with Gasteiger partial charge in [0, 0.05) is 5.41 Å². The van der Waals surface area contributed by atoms with E-state index in [1.807, 2.05) is 0 Å². The van der Waals surface area contributed by atoms with Crippen molar-refractivity contribution in [2.45, 2.75) is 19.3 Å². The van der Waals surface area contributed by atoms with E-state index in [-0.39, 0.29) is 11.3 Å². The van der Waals surface area contributed by atoms with Crippen LogP contribution >= 0.6 is 0 Å². The molecule has 0 spiro atoms. The molecule has 1 rings (SSSR count). The summed E-state index contributed by atoms with van der Waals surface area (Å²) in [6.07, 6.45) is 0.792. The molecule has 4 nitrogen and oxygen atoms in total. The quantitative estimate of drug-likeness (QED) is 0.624. The molecule has 0 heterocycles. The molecule has 0 amide bonds. The SMILES string of the molecule is COC(=O)c1cc(C(C)(C)C=O)ccc1O. The average molecular weight is 222 g/mol.